The molecule has 3 rings (SSSR count). The van der Waals surface area contributed by atoms with Gasteiger partial charge in [0.25, 0.3) is 5.91 Å². The highest BCUT2D eigenvalue weighted by Crippen LogP contribution is 2.22. The van der Waals surface area contributed by atoms with Crippen molar-refractivity contribution in [2.45, 2.75) is 20.3 Å². The Morgan fingerprint density at radius 1 is 1.18 bits per heavy atom. The van der Waals surface area contributed by atoms with Crippen LogP contribution in [0.15, 0.2) is 53.6 Å². The van der Waals surface area contributed by atoms with Gasteiger partial charge < -0.3 is 0 Å². The molecule has 0 aliphatic rings. The van der Waals surface area contributed by atoms with E-state index in [9.17, 15) is 4.79 Å². The molecule has 0 saturated carbocycles. The van der Waals surface area contributed by atoms with Gasteiger partial charge in [0, 0.05) is 11.1 Å². The summed E-state index contributed by atoms with van der Waals surface area (Å²) in [5.41, 5.74) is 6.20. The van der Waals surface area contributed by atoms with Crippen LogP contribution < -0.4 is 5.43 Å². The second-order valence-corrected chi connectivity index (χ2v) is 7.61. The van der Waals surface area contributed by atoms with Crippen LogP contribution in [0.2, 0.25) is 10.0 Å². The molecule has 1 aromatic heterocycles. The molecule has 0 aliphatic heterocycles. The lowest BCUT2D eigenvalue weighted by Crippen LogP contribution is -2.18. The zero-order valence-corrected chi connectivity index (χ0v) is 17.1. The topological polar surface area (TPSA) is 70.1 Å². The number of hydrazone groups is 1. The van der Waals surface area contributed by atoms with Crippen LogP contribution in [0.3, 0.4) is 0 Å². The van der Waals surface area contributed by atoms with Crippen LogP contribution in [0.1, 0.15) is 35.5 Å². The minimum atomic E-state index is -0.408. The van der Waals surface area contributed by atoms with E-state index in [0.717, 1.165) is 12.0 Å². The SMILES string of the molecule is CC(C)Cc1ccc(-c2cc(C(=O)NN=Cc3c(Cl)cccc3Cl)[nH]n2)cc1. The number of halogens is 2. The molecule has 0 radical (unpaired) electrons. The molecule has 1 amide bonds. The van der Waals surface area contributed by atoms with E-state index >= 15 is 0 Å². The van der Waals surface area contributed by atoms with E-state index in [1.54, 1.807) is 24.3 Å². The molecule has 28 heavy (non-hydrogen) atoms. The second kappa shape index (κ2) is 9.04. The van der Waals surface area contributed by atoms with Gasteiger partial charge in [-0.3, -0.25) is 9.89 Å². The maximum atomic E-state index is 12.3. The number of amides is 1. The highest BCUT2D eigenvalue weighted by atomic mass is 35.5. The molecular formula is C21H20Cl2N4O. The number of nitrogens with one attached hydrogen (secondary N) is 2. The Bertz CT molecular complexity index is 974. The Morgan fingerprint density at radius 3 is 2.50 bits per heavy atom. The number of hydrogen-bond donors (Lipinski definition) is 2. The fraction of sp³-hybridized carbons (Fsp3) is 0.190. The van der Waals surface area contributed by atoms with Crippen molar-refractivity contribution in [3.8, 4) is 11.3 Å². The molecule has 144 valence electrons. The average Bonchev–Trinajstić information content (AvgIpc) is 3.14. The maximum absolute atomic E-state index is 12.3. The van der Waals surface area contributed by atoms with Gasteiger partial charge in [0.15, 0.2) is 0 Å². The van der Waals surface area contributed by atoms with E-state index in [-0.39, 0.29) is 0 Å². The number of aromatic amines is 1. The first-order valence-corrected chi connectivity index (χ1v) is 9.61. The predicted octanol–water partition coefficient (Wildman–Crippen LogP) is 5.35. The standard InChI is InChI=1S/C21H20Cl2N4O/c1-13(2)10-14-6-8-15(9-7-14)19-11-20(26-25-19)21(28)27-24-12-16-17(22)4-3-5-18(16)23/h3-9,11-13H,10H2,1-2H3,(H,25,26)(H,27,28). The molecule has 1 heterocycles. The first-order valence-electron chi connectivity index (χ1n) is 8.86. The van der Waals surface area contributed by atoms with Crippen molar-refractivity contribution < 1.29 is 4.79 Å². The van der Waals surface area contributed by atoms with Crippen LogP contribution in [0.25, 0.3) is 11.3 Å². The van der Waals surface area contributed by atoms with Gasteiger partial charge in [-0.2, -0.15) is 10.2 Å². The lowest BCUT2D eigenvalue weighted by atomic mass is 10.0. The number of rotatable bonds is 6. The van der Waals surface area contributed by atoms with Gasteiger partial charge in [-0.05, 0) is 36.1 Å². The molecule has 0 bridgehead atoms. The number of carbonyl (C=O) groups excluding carboxylic acids is 1. The molecular weight excluding hydrogens is 395 g/mol. The zero-order valence-electron chi connectivity index (χ0n) is 15.5. The van der Waals surface area contributed by atoms with Crippen LogP contribution in [0, 0.1) is 5.92 Å². The Balaban J connectivity index is 1.66. The van der Waals surface area contributed by atoms with Crippen molar-refractivity contribution in [1.29, 1.82) is 0 Å². The fourth-order valence-corrected chi connectivity index (χ4v) is 3.21. The summed E-state index contributed by atoms with van der Waals surface area (Å²) in [6.07, 6.45) is 2.44. The Labute approximate surface area is 173 Å². The summed E-state index contributed by atoms with van der Waals surface area (Å²) in [7, 11) is 0. The van der Waals surface area contributed by atoms with Gasteiger partial charge in [-0.1, -0.05) is 67.4 Å². The molecule has 0 spiro atoms. The van der Waals surface area contributed by atoms with Gasteiger partial charge >= 0.3 is 0 Å². The second-order valence-electron chi connectivity index (χ2n) is 6.80. The Kier molecular flexibility index (Phi) is 6.49. The molecule has 5 nitrogen and oxygen atoms in total. The van der Waals surface area contributed by atoms with Crippen LogP contribution in [-0.2, 0) is 6.42 Å². The molecule has 0 aliphatic carbocycles. The average molecular weight is 415 g/mol. The summed E-state index contributed by atoms with van der Waals surface area (Å²) in [5.74, 6) is 0.197. The molecule has 0 saturated heterocycles. The van der Waals surface area contributed by atoms with Gasteiger partial charge in [0.05, 0.1) is 22.0 Å². The van der Waals surface area contributed by atoms with Gasteiger partial charge in [-0.25, -0.2) is 5.43 Å². The van der Waals surface area contributed by atoms with Crippen molar-refractivity contribution in [3.05, 3.63) is 75.4 Å². The summed E-state index contributed by atoms with van der Waals surface area (Å²) in [4.78, 5) is 12.3. The van der Waals surface area contributed by atoms with E-state index in [1.807, 2.05) is 12.1 Å². The van der Waals surface area contributed by atoms with Gasteiger partial charge in [0.1, 0.15) is 5.69 Å². The van der Waals surface area contributed by atoms with Crippen molar-refractivity contribution >= 4 is 35.3 Å². The molecule has 3 aromatic rings. The Hall–Kier alpha value is -2.63. The van der Waals surface area contributed by atoms with Crippen LogP contribution in [0.4, 0.5) is 0 Å². The molecule has 0 unspecified atom stereocenters. The number of nitrogens with zero attached hydrogens (tertiary/aromatic N) is 2. The van der Waals surface area contributed by atoms with Crippen molar-refractivity contribution in [2.75, 3.05) is 0 Å². The predicted molar refractivity (Wildman–Crippen MR) is 114 cm³/mol. The summed E-state index contributed by atoms with van der Waals surface area (Å²) in [6, 6.07) is 15.0. The number of aromatic nitrogens is 2. The largest absolute Gasteiger partial charge is 0.289 e. The number of hydrogen-bond acceptors (Lipinski definition) is 3. The highest BCUT2D eigenvalue weighted by Gasteiger charge is 2.11. The molecule has 7 heteroatoms. The monoisotopic (exact) mass is 414 g/mol. The third-order valence-corrected chi connectivity index (χ3v) is 4.73. The summed E-state index contributed by atoms with van der Waals surface area (Å²) >= 11 is 12.1. The van der Waals surface area contributed by atoms with E-state index in [0.29, 0.717) is 32.9 Å². The van der Waals surface area contributed by atoms with Crippen molar-refractivity contribution in [2.24, 2.45) is 11.0 Å². The van der Waals surface area contributed by atoms with E-state index < -0.39 is 5.91 Å². The van der Waals surface area contributed by atoms with Crippen molar-refractivity contribution in [3.63, 3.8) is 0 Å². The first kappa shape index (κ1) is 20.1. The third kappa shape index (κ3) is 5.00. The molecule has 2 aromatic carbocycles. The summed E-state index contributed by atoms with van der Waals surface area (Å²) in [6.45, 7) is 4.38. The molecule has 0 fully saturated rings. The Morgan fingerprint density at radius 2 is 1.86 bits per heavy atom. The number of carbonyl (C=O) groups is 1. The minimum Gasteiger partial charge on any atom is -0.272 e. The lowest BCUT2D eigenvalue weighted by Gasteiger charge is -2.05. The van der Waals surface area contributed by atoms with E-state index in [4.69, 9.17) is 23.2 Å². The van der Waals surface area contributed by atoms with Crippen LogP contribution >= 0.6 is 23.2 Å². The third-order valence-electron chi connectivity index (χ3n) is 4.08. The van der Waals surface area contributed by atoms with E-state index in [2.05, 4.69) is 46.7 Å². The van der Waals surface area contributed by atoms with Crippen LogP contribution in [0.5, 0.6) is 0 Å². The zero-order chi connectivity index (χ0) is 20.1. The van der Waals surface area contributed by atoms with Crippen molar-refractivity contribution in [1.82, 2.24) is 15.6 Å². The van der Waals surface area contributed by atoms with Gasteiger partial charge in [-0.15, -0.1) is 0 Å². The quantitative estimate of drug-likeness (QED) is 0.421. The maximum Gasteiger partial charge on any atom is 0.289 e. The normalized spacial score (nSPS) is 11.3. The lowest BCUT2D eigenvalue weighted by molar-refractivity contribution is 0.0950. The number of H-pyrrole nitrogens is 1. The van der Waals surface area contributed by atoms with Crippen LogP contribution in [-0.4, -0.2) is 22.3 Å². The smallest absolute Gasteiger partial charge is 0.272 e. The molecule has 2 N–H and O–H groups in total. The fourth-order valence-electron chi connectivity index (χ4n) is 2.72. The molecule has 0 atom stereocenters. The van der Waals surface area contributed by atoms with Gasteiger partial charge in [0.2, 0.25) is 0 Å². The summed E-state index contributed by atoms with van der Waals surface area (Å²) in [5, 5.41) is 11.8. The first-order chi connectivity index (χ1) is 13.4. The number of benzene rings is 2. The van der Waals surface area contributed by atoms with E-state index in [1.165, 1.54) is 11.8 Å². The summed E-state index contributed by atoms with van der Waals surface area (Å²) < 4.78 is 0. The highest BCUT2D eigenvalue weighted by molar-refractivity contribution is 6.38. The minimum absolute atomic E-state index is 0.309.